The van der Waals surface area contributed by atoms with Gasteiger partial charge >= 0.3 is 0 Å². The highest BCUT2D eigenvalue weighted by molar-refractivity contribution is 5.71. The van der Waals surface area contributed by atoms with Gasteiger partial charge in [-0.2, -0.15) is 0 Å². The second-order valence-corrected chi connectivity index (χ2v) is 2.30. The van der Waals surface area contributed by atoms with Gasteiger partial charge in [-0.25, -0.2) is 0 Å². The van der Waals surface area contributed by atoms with Gasteiger partial charge in [-0.15, -0.1) is 0 Å². The maximum absolute atomic E-state index is 3.97. The smallest absolute Gasteiger partial charge is 0.0423 e. The van der Waals surface area contributed by atoms with Crippen LogP contribution < -0.4 is 0 Å². The molecule has 0 radical (unpaired) electrons. The topological polar surface area (TPSA) is 25.2 Å². The summed E-state index contributed by atoms with van der Waals surface area (Å²) >= 11 is 0. The zero-order valence-corrected chi connectivity index (χ0v) is 6.93. The number of rotatable bonds is 0. The number of pyridine rings is 1. The van der Waals surface area contributed by atoms with Crippen molar-refractivity contribution in [1.82, 2.24) is 4.98 Å². The summed E-state index contributed by atoms with van der Waals surface area (Å²) in [6.45, 7) is 0.983. The van der Waals surface area contributed by atoms with Crippen LogP contribution in [-0.4, -0.2) is 17.7 Å². The molecule has 0 atom stereocenters. The molecule has 1 aliphatic rings. The maximum Gasteiger partial charge on any atom is 0.0423 e. The van der Waals surface area contributed by atoms with Crippen LogP contribution in [0.1, 0.15) is 6.42 Å². The van der Waals surface area contributed by atoms with E-state index < -0.39 is 0 Å². The molecule has 2 heterocycles. The number of nitrogens with zero attached hydrogens (tertiary/aromatic N) is 2. The summed E-state index contributed by atoms with van der Waals surface area (Å²) in [6.07, 6.45) is 10.6. The first-order chi connectivity index (χ1) is 6.00. The molecule has 0 fully saturated rings. The quantitative estimate of drug-likeness (QED) is 0.570. The molecule has 0 N–H and O–H groups in total. The number of allylic oxidation sites excluding steroid dienone is 1. The van der Waals surface area contributed by atoms with Gasteiger partial charge in [0.15, 0.2) is 0 Å². The highest BCUT2D eigenvalue weighted by Gasteiger charge is 1.78. The summed E-state index contributed by atoms with van der Waals surface area (Å²) in [4.78, 5) is 7.75. The monoisotopic (exact) mass is 160 g/mol. The van der Waals surface area contributed by atoms with Crippen molar-refractivity contribution in [1.29, 1.82) is 0 Å². The normalized spacial score (nSPS) is 13.3. The van der Waals surface area contributed by atoms with Crippen molar-refractivity contribution in [3.05, 3.63) is 42.7 Å². The van der Waals surface area contributed by atoms with Gasteiger partial charge in [0.25, 0.3) is 0 Å². The lowest BCUT2D eigenvalue weighted by molar-refractivity contribution is 1.00. The van der Waals surface area contributed by atoms with Crippen LogP contribution in [0.5, 0.6) is 0 Å². The zero-order valence-electron chi connectivity index (χ0n) is 6.93. The fourth-order valence-corrected chi connectivity index (χ4v) is 0.754. The molecule has 62 valence electrons. The summed E-state index contributed by atoms with van der Waals surface area (Å²) in [5.74, 6) is 0. The molecule has 0 unspecified atom stereocenters. The molecule has 0 amide bonds. The minimum absolute atomic E-state index is 0.983. The van der Waals surface area contributed by atoms with Gasteiger partial charge < -0.3 is 0 Å². The molecule has 0 aromatic carbocycles. The van der Waals surface area contributed by atoms with Crippen molar-refractivity contribution in [2.75, 3.05) is 6.54 Å². The first-order valence-corrected chi connectivity index (χ1v) is 4.00. The van der Waals surface area contributed by atoms with Crippen molar-refractivity contribution in [2.24, 2.45) is 4.99 Å². The van der Waals surface area contributed by atoms with Gasteiger partial charge in [0.05, 0.1) is 0 Å². The lowest BCUT2D eigenvalue weighted by Gasteiger charge is -1.88. The number of hydrogen-bond acceptors (Lipinski definition) is 2. The van der Waals surface area contributed by atoms with Crippen molar-refractivity contribution < 1.29 is 0 Å². The van der Waals surface area contributed by atoms with Crippen molar-refractivity contribution >= 4 is 6.21 Å². The van der Waals surface area contributed by atoms with Crippen LogP contribution >= 0.6 is 0 Å². The molecule has 12 heavy (non-hydrogen) atoms. The summed E-state index contributed by atoms with van der Waals surface area (Å²) in [5.41, 5.74) is 0. The Balaban J connectivity index is 0.000000120. The fraction of sp³-hybridized carbons (Fsp3) is 0.200. The second-order valence-electron chi connectivity index (χ2n) is 2.30. The predicted octanol–water partition coefficient (Wildman–Crippen LogP) is 2.10. The SMILES string of the molecule is C1=CCCN=C1.c1ccncc1. The van der Waals surface area contributed by atoms with E-state index in [2.05, 4.69) is 16.1 Å². The van der Waals surface area contributed by atoms with Gasteiger partial charge in [-0.05, 0) is 24.6 Å². The summed E-state index contributed by atoms with van der Waals surface area (Å²) in [7, 11) is 0. The molecule has 0 saturated carbocycles. The Kier molecular flexibility index (Phi) is 4.53. The van der Waals surface area contributed by atoms with E-state index in [1.165, 1.54) is 0 Å². The van der Waals surface area contributed by atoms with E-state index in [1.807, 2.05) is 30.5 Å². The molecular weight excluding hydrogens is 148 g/mol. The van der Waals surface area contributed by atoms with E-state index in [9.17, 15) is 0 Å². The number of hydrogen-bond donors (Lipinski definition) is 0. The molecule has 0 spiro atoms. The molecule has 0 saturated heterocycles. The Morgan fingerprint density at radius 1 is 1.00 bits per heavy atom. The molecule has 1 aliphatic heterocycles. The van der Waals surface area contributed by atoms with Crippen molar-refractivity contribution in [3.8, 4) is 0 Å². The van der Waals surface area contributed by atoms with Crippen LogP contribution in [0.4, 0.5) is 0 Å². The van der Waals surface area contributed by atoms with Crippen molar-refractivity contribution in [2.45, 2.75) is 6.42 Å². The van der Waals surface area contributed by atoms with E-state index in [1.54, 1.807) is 12.4 Å². The van der Waals surface area contributed by atoms with Gasteiger partial charge in [0.1, 0.15) is 0 Å². The van der Waals surface area contributed by atoms with E-state index in [-0.39, 0.29) is 0 Å². The standard InChI is InChI=1S/C5H7N.C5H5N/c2*1-2-4-6-5-3-1/h1-2,4H,3,5H2;1-5H. The lowest BCUT2D eigenvalue weighted by Crippen LogP contribution is -1.81. The third kappa shape index (κ3) is 4.39. The fourth-order valence-electron chi connectivity index (χ4n) is 0.754. The van der Waals surface area contributed by atoms with E-state index >= 15 is 0 Å². The highest BCUT2D eigenvalue weighted by atomic mass is 14.7. The molecule has 0 aliphatic carbocycles. The molecule has 2 heteroatoms. The molecule has 2 nitrogen and oxygen atoms in total. The van der Waals surface area contributed by atoms with Crippen LogP contribution in [0.15, 0.2) is 47.7 Å². The minimum atomic E-state index is 0.983. The summed E-state index contributed by atoms with van der Waals surface area (Å²) in [6, 6.07) is 5.72. The average Bonchev–Trinajstić information content (AvgIpc) is 2.24. The Hall–Kier alpha value is -1.44. The molecular formula is C10H12N2. The maximum atomic E-state index is 3.97. The zero-order chi connectivity index (χ0) is 8.49. The molecule has 0 bridgehead atoms. The number of dihydropyridines is 1. The number of aromatic nitrogens is 1. The van der Waals surface area contributed by atoms with Gasteiger partial charge in [-0.1, -0.05) is 12.1 Å². The van der Waals surface area contributed by atoms with E-state index in [0.717, 1.165) is 13.0 Å². The number of aliphatic imine (C=N–C) groups is 1. The Bertz CT molecular complexity index is 201. The van der Waals surface area contributed by atoms with Gasteiger partial charge in [0.2, 0.25) is 0 Å². The van der Waals surface area contributed by atoms with Crippen LogP contribution in [0.2, 0.25) is 0 Å². The lowest BCUT2D eigenvalue weighted by atomic mass is 10.3. The van der Waals surface area contributed by atoms with Crippen LogP contribution in [0.3, 0.4) is 0 Å². The molecule has 1 aromatic heterocycles. The van der Waals surface area contributed by atoms with Crippen LogP contribution in [0.25, 0.3) is 0 Å². The first-order valence-electron chi connectivity index (χ1n) is 4.00. The summed E-state index contributed by atoms with van der Waals surface area (Å²) < 4.78 is 0. The Labute approximate surface area is 72.7 Å². The largest absolute Gasteiger partial charge is 0.293 e. The first kappa shape index (κ1) is 8.65. The second kappa shape index (κ2) is 6.28. The average molecular weight is 160 g/mol. The van der Waals surface area contributed by atoms with Crippen LogP contribution in [0, 0.1) is 0 Å². The highest BCUT2D eigenvalue weighted by Crippen LogP contribution is 1.87. The van der Waals surface area contributed by atoms with Crippen LogP contribution in [-0.2, 0) is 0 Å². The van der Waals surface area contributed by atoms with Crippen molar-refractivity contribution in [3.63, 3.8) is 0 Å². The minimum Gasteiger partial charge on any atom is -0.293 e. The summed E-state index contributed by atoms with van der Waals surface area (Å²) in [5, 5.41) is 0. The Morgan fingerprint density at radius 3 is 2.00 bits per heavy atom. The predicted molar refractivity (Wildman–Crippen MR) is 51.4 cm³/mol. The third-order valence-corrected chi connectivity index (χ3v) is 1.32. The van der Waals surface area contributed by atoms with E-state index in [0.29, 0.717) is 0 Å². The Morgan fingerprint density at radius 2 is 1.83 bits per heavy atom. The molecule has 2 rings (SSSR count). The van der Waals surface area contributed by atoms with Gasteiger partial charge in [0, 0.05) is 25.2 Å². The van der Waals surface area contributed by atoms with Gasteiger partial charge in [-0.3, -0.25) is 9.98 Å². The third-order valence-electron chi connectivity index (χ3n) is 1.32. The molecule has 1 aromatic rings. The van der Waals surface area contributed by atoms with E-state index in [4.69, 9.17) is 0 Å².